The van der Waals surface area contributed by atoms with E-state index in [1.165, 1.54) is 0 Å². The first-order valence-electron chi connectivity index (χ1n) is 5.22. The first-order chi connectivity index (χ1) is 7.50. The lowest BCUT2D eigenvalue weighted by Gasteiger charge is -2.27. The number of rotatable bonds is 5. The van der Waals surface area contributed by atoms with Crippen molar-refractivity contribution in [3.8, 4) is 0 Å². The Bertz CT molecular complexity index is 357. The molecule has 2 nitrogen and oxygen atoms in total. The average Bonchev–Trinajstić information content (AvgIpc) is 2.24. The molecule has 0 heterocycles. The highest BCUT2D eigenvalue weighted by molar-refractivity contribution is 6.42. The first kappa shape index (κ1) is 13.8. The van der Waals surface area contributed by atoms with Gasteiger partial charge >= 0.3 is 0 Å². The number of hydrogen-bond donors (Lipinski definition) is 1. The molecular weight excluding hydrogens is 245 g/mol. The van der Waals surface area contributed by atoms with Crippen LogP contribution < -0.4 is 5.73 Å². The maximum atomic E-state index is 6.23. The van der Waals surface area contributed by atoms with Crippen LogP contribution in [-0.4, -0.2) is 19.3 Å². The Balaban J connectivity index is 2.81. The summed E-state index contributed by atoms with van der Waals surface area (Å²) in [4.78, 5) is 0. The number of hydrogen-bond acceptors (Lipinski definition) is 2. The third-order valence-electron chi connectivity index (χ3n) is 2.68. The van der Waals surface area contributed by atoms with Gasteiger partial charge in [0.15, 0.2) is 0 Å². The van der Waals surface area contributed by atoms with E-state index in [-0.39, 0.29) is 5.54 Å². The molecular formula is C12H17Cl2NO. The van der Waals surface area contributed by atoms with E-state index in [9.17, 15) is 0 Å². The molecule has 0 aromatic heterocycles. The van der Waals surface area contributed by atoms with E-state index < -0.39 is 0 Å². The van der Waals surface area contributed by atoms with Gasteiger partial charge in [0.1, 0.15) is 0 Å². The zero-order valence-electron chi connectivity index (χ0n) is 9.59. The maximum Gasteiger partial charge on any atom is 0.0645 e. The van der Waals surface area contributed by atoms with Gasteiger partial charge in [0.05, 0.1) is 16.7 Å². The molecule has 4 heteroatoms. The van der Waals surface area contributed by atoms with Gasteiger partial charge in [-0.1, -0.05) is 36.2 Å². The lowest BCUT2D eigenvalue weighted by molar-refractivity contribution is 0.129. The van der Waals surface area contributed by atoms with Gasteiger partial charge < -0.3 is 10.5 Å². The number of benzene rings is 1. The van der Waals surface area contributed by atoms with Crippen LogP contribution in [0.1, 0.15) is 18.9 Å². The van der Waals surface area contributed by atoms with Crippen LogP contribution in [0.3, 0.4) is 0 Å². The topological polar surface area (TPSA) is 35.2 Å². The molecule has 1 rings (SSSR count). The molecule has 0 radical (unpaired) electrons. The SMILES string of the molecule is CCC(N)(COC)Cc1ccc(Cl)c(Cl)c1. The highest BCUT2D eigenvalue weighted by Gasteiger charge is 2.23. The van der Waals surface area contributed by atoms with Crippen molar-refractivity contribution < 1.29 is 4.74 Å². The zero-order valence-corrected chi connectivity index (χ0v) is 11.1. The summed E-state index contributed by atoms with van der Waals surface area (Å²) in [6.45, 7) is 2.58. The van der Waals surface area contributed by atoms with Crippen molar-refractivity contribution in [2.75, 3.05) is 13.7 Å². The van der Waals surface area contributed by atoms with Crippen molar-refractivity contribution in [3.63, 3.8) is 0 Å². The predicted octanol–water partition coefficient (Wildman–Crippen LogP) is 3.29. The summed E-state index contributed by atoms with van der Waals surface area (Å²) in [7, 11) is 1.66. The molecule has 0 spiro atoms. The minimum atomic E-state index is -0.341. The Morgan fingerprint density at radius 1 is 1.31 bits per heavy atom. The molecule has 0 aliphatic carbocycles. The van der Waals surface area contributed by atoms with Crippen LogP contribution in [0.25, 0.3) is 0 Å². The van der Waals surface area contributed by atoms with Gasteiger partial charge in [0.25, 0.3) is 0 Å². The van der Waals surface area contributed by atoms with Crippen LogP contribution in [0.5, 0.6) is 0 Å². The Hall–Kier alpha value is -0.280. The van der Waals surface area contributed by atoms with E-state index in [0.29, 0.717) is 16.7 Å². The minimum Gasteiger partial charge on any atom is -0.383 e. The van der Waals surface area contributed by atoms with Crippen LogP contribution in [0.4, 0.5) is 0 Å². The molecule has 0 aliphatic rings. The van der Waals surface area contributed by atoms with Gasteiger partial charge in [0.2, 0.25) is 0 Å². The lowest BCUT2D eigenvalue weighted by atomic mass is 9.90. The van der Waals surface area contributed by atoms with E-state index >= 15 is 0 Å². The van der Waals surface area contributed by atoms with Crippen LogP contribution >= 0.6 is 23.2 Å². The monoisotopic (exact) mass is 261 g/mol. The fraction of sp³-hybridized carbons (Fsp3) is 0.500. The normalized spacial score (nSPS) is 14.8. The fourth-order valence-electron chi connectivity index (χ4n) is 1.62. The summed E-state index contributed by atoms with van der Waals surface area (Å²) in [5.74, 6) is 0. The van der Waals surface area contributed by atoms with E-state index in [2.05, 4.69) is 6.92 Å². The van der Waals surface area contributed by atoms with Gasteiger partial charge in [-0.25, -0.2) is 0 Å². The number of ether oxygens (including phenoxy) is 1. The summed E-state index contributed by atoms with van der Waals surface area (Å²) in [6.07, 6.45) is 1.58. The Morgan fingerprint density at radius 3 is 2.50 bits per heavy atom. The van der Waals surface area contributed by atoms with Gasteiger partial charge in [-0.3, -0.25) is 0 Å². The number of nitrogens with two attached hydrogens (primary N) is 1. The highest BCUT2D eigenvalue weighted by atomic mass is 35.5. The lowest BCUT2D eigenvalue weighted by Crippen LogP contribution is -2.45. The van der Waals surface area contributed by atoms with E-state index in [0.717, 1.165) is 18.4 Å². The van der Waals surface area contributed by atoms with Gasteiger partial charge in [-0.05, 0) is 30.5 Å². The highest BCUT2D eigenvalue weighted by Crippen LogP contribution is 2.25. The molecule has 2 N–H and O–H groups in total. The molecule has 90 valence electrons. The fourth-order valence-corrected chi connectivity index (χ4v) is 1.94. The molecule has 0 aliphatic heterocycles. The standard InChI is InChI=1S/C12H17Cl2NO/c1-3-12(15,8-16-2)7-9-4-5-10(13)11(14)6-9/h4-6H,3,7-8,15H2,1-2H3. The van der Waals surface area contributed by atoms with Crippen LogP contribution in [-0.2, 0) is 11.2 Å². The molecule has 1 aromatic rings. The average molecular weight is 262 g/mol. The number of halogens is 2. The van der Waals surface area contributed by atoms with Crippen LogP contribution in [0.15, 0.2) is 18.2 Å². The van der Waals surface area contributed by atoms with Gasteiger partial charge in [0, 0.05) is 12.6 Å². The second kappa shape index (κ2) is 5.87. The number of methoxy groups -OCH3 is 1. The van der Waals surface area contributed by atoms with Crippen molar-refractivity contribution >= 4 is 23.2 Å². The predicted molar refractivity (Wildman–Crippen MR) is 69.3 cm³/mol. The maximum absolute atomic E-state index is 6.23. The van der Waals surface area contributed by atoms with Gasteiger partial charge in [-0.15, -0.1) is 0 Å². The summed E-state index contributed by atoms with van der Waals surface area (Å²) < 4.78 is 5.14. The molecule has 0 saturated carbocycles. The van der Waals surface area contributed by atoms with Crippen LogP contribution in [0, 0.1) is 0 Å². The first-order valence-corrected chi connectivity index (χ1v) is 5.98. The second-order valence-corrected chi connectivity index (χ2v) is 4.89. The largest absolute Gasteiger partial charge is 0.383 e. The van der Waals surface area contributed by atoms with Crippen molar-refractivity contribution in [2.24, 2.45) is 5.73 Å². The summed E-state index contributed by atoms with van der Waals surface area (Å²) in [5.41, 5.74) is 6.96. The molecule has 1 atom stereocenters. The summed E-state index contributed by atoms with van der Waals surface area (Å²) >= 11 is 11.8. The molecule has 1 unspecified atom stereocenters. The van der Waals surface area contributed by atoms with Gasteiger partial charge in [-0.2, -0.15) is 0 Å². The quantitative estimate of drug-likeness (QED) is 0.883. The minimum absolute atomic E-state index is 0.341. The molecule has 16 heavy (non-hydrogen) atoms. The van der Waals surface area contributed by atoms with E-state index in [4.69, 9.17) is 33.7 Å². The molecule has 0 fully saturated rings. The molecule has 0 bridgehead atoms. The molecule has 0 amide bonds. The van der Waals surface area contributed by atoms with E-state index in [1.807, 2.05) is 12.1 Å². The van der Waals surface area contributed by atoms with Crippen molar-refractivity contribution in [3.05, 3.63) is 33.8 Å². The summed E-state index contributed by atoms with van der Waals surface area (Å²) in [5, 5.41) is 1.13. The smallest absolute Gasteiger partial charge is 0.0645 e. The Morgan fingerprint density at radius 2 is 2.00 bits per heavy atom. The Labute approximate surface area is 107 Å². The molecule has 0 saturated heterocycles. The van der Waals surface area contributed by atoms with Crippen molar-refractivity contribution in [1.29, 1.82) is 0 Å². The third kappa shape index (κ3) is 3.63. The summed E-state index contributed by atoms with van der Waals surface area (Å²) in [6, 6.07) is 5.60. The van der Waals surface area contributed by atoms with E-state index in [1.54, 1.807) is 13.2 Å². The third-order valence-corrected chi connectivity index (χ3v) is 3.42. The Kier molecular flexibility index (Phi) is 5.06. The van der Waals surface area contributed by atoms with Crippen molar-refractivity contribution in [1.82, 2.24) is 0 Å². The van der Waals surface area contributed by atoms with Crippen LogP contribution in [0.2, 0.25) is 10.0 Å². The van der Waals surface area contributed by atoms with Crippen molar-refractivity contribution in [2.45, 2.75) is 25.3 Å². The molecule has 1 aromatic carbocycles. The zero-order chi connectivity index (χ0) is 12.2. The second-order valence-electron chi connectivity index (χ2n) is 4.07.